The Bertz CT molecular complexity index is 899. The lowest BCUT2D eigenvalue weighted by Crippen LogP contribution is -2.39. The molecule has 4 N–H and O–H groups in total. The molecule has 1 unspecified atom stereocenters. The number of carbonyl (C=O) groups is 2. The van der Waals surface area contributed by atoms with Gasteiger partial charge >= 0.3 is 0 Å². The summed E-state index contributed by atoms with van der Waals surface area (Å²) in [5.41, 5.74) is 6.80. The van der Waals surface area contributed by atoms with Crippen LogP contribution in [0.1, 0.15) is 18.5 Å². The largest absolute Gasteiger partial charge is 0.497 e. The van der Waals surface area contributed by atoms with Gasteiger partial charge in [-0.3, -0.25) is 14.6 Å². The Kier molecular flexibility index (Phi) is 7.77. The van der Waals surface area contributed by atoms with Gasteiger partial charge in [0.15, 0.2) is 0 Å². The fraction of sp³-hybridized carbons (Fsp3) is 0.318. The lowest BCUT2D eigenvalue weighted by atomic mass is 10.1. The van der Waals surface area contributed by atoms with Crippen molar-refractivity contribution in [2.75, 3.05) is 19.0 Å². The summed E-state index contributed by atoms with van der Waals surface area (Å²) in [6, 6.07) is 14.0. The number of nitrogens with one attached hydrogen (secondary N) is 2. The zero-order valence-electron chi connectivity index (χ0n) is 18.2. The van der Waals surface area contributed by atoms with Crippen LogP contribution in [0.2, 0.25) is 19.6 Å². The predicted octanol–water partition coefficient (Wildman–Crippen LogP) is 2.41. The molecule has 0 heterocycles. The van der Waals surface area contributed by atoms with E-state index in [2.05, 4.69) is 35.3 Å². The molecular formula is C22H30N4O3Si. The molecule has 2 rings (SSSR count). The third kappa shape index (κ3) is 6.73. The third-order valence-electron chi connectivity index (χ3n) is 4.51. The van der Waals surface area contributed by atoms with E-state index < -0.39 is 20.0 Å². The maximum Gasteiger partial charge on any atom is 0.251 e. The van der Waals surface area contributed by atoms with E-state index in [0.717, 1.165) is 0 Å². The number of hydrogen-bond acceptors (Lipinski definition) is 4. The number of ether oxygens (including phenoxy) is 1. The molecule has 0 aromatic heterocycles. The molecule has 2 amide bonds. The summed E-state index contributed by atoms with van der Waals surface area (Å²) in [4.78, 5) is 29.2. The van der Waals surface area contributed by atoms with Gasteiger partial charge in [-0.15, -0.1) is 0 Å². The van der Waals surface area contributed by atoms with Crippen LogP contribution >= 0.6 is 0 Å². The van der Waals surface area contributed by atoms with Crippen LogP contribution in [0.4, 0.5) is 5.69 Å². The second-order valence-electron chi connectivity index (χ2n) is 8.05. The van der Waals surface area contributed by atoms with Gasteiger partial charge in [-0.05, 0) is 36.8 Å². The SMILES string of the molecule is COc1ccc(C(NC(=O)CN=C(C)N)C(=O)Nc2ccc([Si](C)(C)C)cc2)cc1. The summed E-state index contributed by atoms with van der Waals surface area (Å²) < 4.78 is 5.17. The molecule has 1 atom stereocenters. The normalized spacial score (nSPS) is 12.8. The predicted molar refractivity (Wildman–Crippen MR) is 124 cm³/mol. The molecule has 160 valence electrons. The van der Waals surface area contributed by atoms with Crippen LogP contribution in [0.3, 0.4) is 0 Å². The molecule has 0 radical (unpaired) electrons. The van der Waals surface area contributed by atoms with Crippen molar-refractivity contribution in [2.45, 2.75) is 32.6 Å². The second kappa shape index (κ2) is 10.1. The van der Waals surface area contributed by atoms with Gasteiger partial charge in [0, 0.05) is 5.69 Å². The Hall–Kier alpha value is -3.13. The Balaban J connectivity index is 2.22. The van der Waals surface area contributed by atoms with Crippen LogP contribution in [0, 0.1) is 0 Å². The van der Waals surface area contributed by atoms with Gasteiger partial charge < -0.3 is 21.1 Å². The Labute approximate surface area is 178 Å². The van der Waals surface area contributed by atoms with Crippen molar-refractivity contribution >= 4 is 36.6 Å². The minimum atomic E-state index is -1.42. The Morgan fingerprint density at radius 3 is 2.17 bits per heavy atom. The number of methoxy groups -OCH3 is 1. The lowest BCUT2D eigenvalue weighted by molar-refractivity contribution is -0.125. The van der Waals surface area contributed by atoms with Gasteiger partial charge in [0.1, 0.15) is 18.3 Å². The van der Waals surface area contributed by atoms with Crippen molar-refractivity contribution in [1.82, 2.24) is 5.32 Å². The molecule has 0 spiro atoms. The quantitative estimate of drug-likeness (QED) is 0.342. The van der Waals surface area contributed by atoms with Crippen LogP contribution in [0.15, 0.2) is 53.5 Å². The number of amidine groups is 1. The van der Waals surface area contributed by atoms with E-state index in [1.807, 2.05) is 24.3 Å². The highest BCUT2D eigenvalue weighted by molar-refractivity contribution is 6.88. The van der Waals surface area contributed by atoms with Gasteiger partial charge in [-0.25, -0.2) is 0 Å². The molecule has 30 heavy (non-hydrogen) atoms. The van der Waals surface area contributed by atoms with E-state index >= 15 is 0 Å². The molecule has 0 fully saturated rings. The molecule has 0 bridgehead atoms. The highest BCUT2D eigenvalue weighted by Gasteiger charge is 2.23. The molecule has 7 nitrogen and oxygen atoms in total. The van der Waals surface area contributed by atoms with E-state index in [1.165, 1.54) is 5.19 Å². The van der Waals surface area contributed by atoms with Crippen molar-refractivity contribution in [3.63, 3.8) is 0 Å². The average molecular weight is 427 g/mol. The molecule has 0 saturated heterocycles. The Morgan fingerprint density at radius 2 is 1.67 bits per heavy atom. The number of nitrogens with two attached hydrogens (primary N) is 1. The van der Waals surface area contributed by atoms with Gasteiger partial charge in [-0.1, -0.05) is 49.1 Å². The summed E-state index contributed by atoms with van der Waals surface area (Å²) in [5.74, 6) is 0.222. The van der Waals surface area contributed by atoms with Gasteiger partial charge in [0.05, 0.1) is 21.0 Å². The summed E-state index contributed by atoms with van der Waals surface area (Å²) >= 11 is 0. The highest BCUT2D eigenvalue weighted by atomic mass is 28.3. The number of hydrogen-bond donors (Lipinski definition) is 3. The molecule has 2 aromatic rings. The molecular weight excluding hydrogens is 396 g/mol. The molecule has 2 aromatic carbocycles. The second-order valence-corrected chi connectivity index (χ2v) is 13.1. The summed E-state index contributed by atoms with van der Waals surface area (Å²) in [7, 11) is 0.143. The van der Waals surface area contributed by atoms with Crippen LogP contribution in [0.5, 0.6) is 5.75 Å². The first-order valence-corrected chi connectivity index (χ1v) is 13.2. The minimum absolute atomic E-state index is 0.146. The highest BCUT2D eigenvalue weighted by Crippen LogP contribution is 2.20. The number of amides is 2. The average Bonchev–Trinajstić information content (AvgIpc) is 2.70. The first kappa shape index (κ1) is 23.1. The van der Waals surface area contributed by atoms with Crippen LogP contribution in [-0.2, 0) is 9.59 Å². The zero-order chi connectivity index (χ0) is 22.3. The number of aliphatic imine (C=N–C) groups is 1. The van der Waals surface area contributed by atoms with Crippen LogP contribution in [0.25, 0.3) is 0 Å². The number of anilines is 1. The lowest BCUT2D eigenvalue weighted by Gasteiger charge is -2.20. The Morgan fingerprint density at radius 1 is 1.07 bits per heavy atom. The molecule has 0 aliphatic rings. The number of carbonyl (C=O) groups excluding carboxylic acids is 2. The smallest absolute Gasteiger partial charge is 0.251 e. The minimum Gasteiger partial charge on any atom is -0.497 e. The van der Waals surface area contributed by atoms with Gasteiger partial charge in [0.25, 0.3) is 5.91 Å². The molecule has 0 saturated carbocycles. The van der Waals surface area contributed by atoms with Crippen molar-refractivity contribution in [3.8, 4) is 5.75 Å². The maximum atomic E-state index is 13.0. The van der Waals surface area contributed by atoms with Crippen molar-refractivity contribution in [1.29, 1.82) is 0 Å². The van der Waals surface area contributed by atoms with Gasteiger partial charge in [0.2, 0.25) is 5.91 Å². The zero-order valence-corrected chi connectivity index (χ0v) is 19.2. The van der Waals surface area contributed by atoms with Crippen molar-refractivity contribution < 1.29 is 14.3 Å². The fourth-order valence-corrected chi connectivity index (χ4v) is 3.93. The monoisotopic (exact) mass is 426 g/mol. The molecule has 0 aliphatic heterocycles. The maximum absolute atomic E-state index is 13.0. The summed E-state index contributed by atoms with van der Waals surface area (Å²) in [5, 5.41) is 6.92. The van der Waals surface area contributed by atoms with Crippen LogP contribution in [-0.4, -0.2) is 39.4 Å². The number of nitrogens with zero attached hydrogens (tertiary/aromatic N) is 1. The van der Waals surface area contributed by atoms with E-state index in [1.54, 1.807) is 38.3 Å². The van der Waals surface area contributed by atoms with E-state index in [0.29, 0.717) is 22.8 Å². The molecule has 0 aliphatic carbocycles. The first-order chi connectivity index (χ1) is 14.1. The van der Waals surface area contributed by atoms with Crippen LogP contribution < -0.4 is 26.3 Å². The van der Waals surface area contributed by atoms with Gasteiger partial charge in [-0.2, -0.15) is 0 Å². The topological polar surface area (TPSA) is 106 Å². The standard InChI is InChI=1S/C22H30N4O3Si/c1-15(23)24-14-20(27)26-21(16-6-10-18(29-2)11-7-16)22(28)25-17-8-12-19(13-9-17)30(3,4)5/h6-13,21H,14H2,1-5H3,(H2,23,24)(H,25,28)(H,26,27). The molecule has 8 heteroatoms. The van der Waals surface area contributed by atoms with E-state index in [9.17, 15) is 9.59 Å². The first-order valence-electron chi connectivity index (χ1n) is 9.71. The summed E-state index contributed by atoms with van der Waals surface area (Å²) in [6.07, 6.45) is 0. The van der Waals surface area contributed by atoms with E-state index in [-0.39, 0.29) is 12.5 Å². The fourth-order valence-electron chi connectivity index (χ4n) is 2.77. The van der Waals surface area contributed by atoms with E-state index in [4.69, 9.17) is 10.5 Å². The third-order valence-corrected chi connectivity index (χ3v) is 6.57. The van der Waals surface area contributed by atoms with Crippen molar-refractivity contribution in [3.05, 3.63) is 54.1 Å². The van der Waals surface area contributed by atoms with Crippen molar-refractivity contribution in [2.24, 2.45) is 10.7 Å². The summed E-state index contributed by atoms with van der Waals surface area (Å²) in [6.45, 7) is 8.25. The number of rotatable bonds is 8. The number of benzene rings is 2.